The van der Waals surface area contributed by atoms with Gasteiger partial charge in [0, 0.05) is 28.8 Å². The van der Waals surface area contributed by atoms with E-state index >= 15 is 0 Å². The number of ether oxygens (including phenoxy) is 1. The van der Waals surface area contributed by atoms with Crippen LogP contribution >= 0.6 is 15.9 Å². The molecule has 0 saturated carbocycles. The molecule has 1 unspecified atom stereocenters. The van der Waals surface area contributed by atoms with Crippen molar-refractivity contribution in [2.45, 2.75) is 20.3 Å². The molecule has 28 heavy (non-hydrogen) atoms. The topological polar surface area (TPSA) is 75.7 Å². The van der Waals surface area contributed by atoms with Crippen LogP contribution in [0.25, 0.3) is 0 Å². The summed E-state index contributed by atoms with van der Waals surface area (Å²) < 4.78 is 6.06. The largest absolute Gasteiger partial charge is 0.455 e. The standard InChI is InChI=1S/C21H21BrN2O4/c1-13-3-4-14(2)18(9-13)23-19(25)12-28-21(27)15-10-20(26)24(11-15)17-7-5-16(22)6-8-17/h3-9,15H,10-12H2,1-2H3,(H,23,25). The summed E-state index contributed by atoms with van der Waals surface area (Å²) >= 11 is 3.35. The summed E-state index contributed by atoms with van der Waals surface area (Å²) in [5.74, 6) is -1.66. The lowest BCUT2D eigenvalue weighted by Gasteiger charge is -2.16. The molecule has 2 aromatic carbocycles. The van der Waals surface area contributed by atoms with Crippen molar-refractivity contribution in [2.24, 2.45) is 5.92 Å². The Bertz CT molecular complexity index is 911. The molecular weight excluding hydrogens is 424 g/mol. The fourth-order valence-corrected chi connectivity index (χ4v) is 3.31. The molecule has 1 fully saturated rings. The molecule has 1 saturated heterocycles. The minimum atomic E-state index is -0.579. The van der Waals surface area contributed by atoms with Gasteiger partial charge in [0.15, 0.2) is 6.61 Å². The Kier molecular flexibility index (Phi) is 6.14. The van der Waals surface area contributed by atoms with Gasteiger partial charge in [-0.05, 0) is 55.3 Å². The van der Waals surface area contributed by atoms with Crippen molar-refractivity contribution < 1.29 is 19.1 Å². The average molecular weight is 445 g/mol. The van der Waals surface area contributed by atoms with E-state index in [1.807, 2.05) is 56.3 Å². The summed E-state index contributed by atoms with van der Waals surface area (Å²) in [5.41, 5.74) is 3.38. The number of nitrogens with one attached hydrogen (secondary N) is 1. The van der Waals surface area contributed by atoms with Gasteiger partial charge in [0.1, 0.15) is 0 Å². The first-order valence-electron chi connectivity index (χ1n) is 8.93. The summed E-state index contributed by atoms with van der Waals surface area (Å²) in [5, 5.41) is 2.75. The Morgan fingerprint density at radius 2 is 1.89 bits per heavy atom. The van der Waals surface area contributed by atoms with Gasteiger partial charge in [0.05, 0.1) is 5.92 Å². The molecule has 2 amide bonds. The normalized spacial score (nSPS) is 16.2. The second-order valence-corrected chi connectivity index (χ2v) is 7.77. The van der Waals surface area contributed by atoms with Crippen molar-refractivity contribution in [1.82, 2.24) is 0 Å². The average Bonchev–Trinajstić information content (AvgIpc) is 3.05. The van der Waals surface area contributed by atoms with E-state index in [0.717, 1.165) is 21.3 Å². The highest BCUT2D eigenvalue weighted by Gasteiger charge is 2.36. The predicted molar refractivity (Wildman–Crippen MR) is 110 cm³/mol. The van der Waals surface area contributed by atoms with E-state index < -0.39 is 17.8 Å². The van der Waals surface area contributed by atoms with Crippen LogP contribution in [0, 0.1) is 19.8 Å². The predicted octanol–water partition coefficient (Wildman–Crippen LogP) is 3.60. The number of esters is 1. The number of halogens is 1. The number of benzene rings is 2. The maximum atomic E-state index is 12.3. The van der Waals surface area contributed by atoms with Gasteiger partial charge in [-0.2, -0.15) is 0 Å². The zero-order chi connectivity index (χ0) is 20.3. The SMILES string of the molecule is Cc1ccc(C)c(NC(=O)COC(=O)C2CC(=O)N(c3ccc(Br)cc3)C2)c1. The number of nitrogens with zero attached hydrogens (tertiary/aromatic N) is 1. The van der Waals surface area contributed by atoms with E-state index in [2.05, 4.69) is 21.2 Å². The highest BCUT2D eigenvalue weighted by molar-refractivity contribution is 9.10. The molecule has 1 aliphatic heterocycles. The third kappa shape index (κ3) is 4.78. The molecule has 0 aromatic heterocycles. The molecule has 1 heterocycles. The third-order valence-electron chi connectivity index (χ3n) is 4.61. The lowest BCUT2D eigenvalue weighted by molar-refractivity contribution is -0.151. The van der Waals surface area contributed by atoms with E-state index in [1.165, 1.54) is 0 Å². The zero-order valence-electron chi connectivity index (χ0n) is 15.7. The molecule has 3 rings (SSSR count). The summed E-state index contributed by atoms with van der Waals surface area (Å²) in [4.78, 5) is 38.2. The van der Waals surface area contributed by atoms with Crippen LogP contribution in [0.15, 0.2) is 46.9 Å². The lowest BCUT2D eigenvalue weighted by atomic mass is 10.1. The van der Waals surface area contributed by atoms with Crippen molar-refractivity contribution in [3.05, 3.63) is 58.1 Å². The Labute approximate surface area is 172 Å². The summed E-state index contributed by atoms with van der Waals surface area (Å²) in [6, 6.07) is 13.0. The molecule has 0 spiro atoms. The van der Waals surface area contributed by atoms with Crippen molar-refractivity contribution in [1.29, 1.82) is 0 Å². The summed E-state index contributed by atoms with van der Waals surface area (Å²) in [6.45, 7) is 3.69. The fraction of sp³-hybridized carbons (Fsp3) is 0.286. The van der Waals surface area contributed by atoms with Crippen molar-refractivity contribution in [2.75, 3.05) is 23.4 Å². The van der Waals surface area contributed by atoms with Crippen molar-refractivity contribution in [3.63, 3.8) is 0 Å². The van der Waals surface area contributed by atoms with Crippen molar-refractivity contribution in [3.8, 4) is 0 Å². The molecule has 1 aliphatic rings. The summed E-state index contributed by atoms with van der Waals surface area (Å²) in [6.07, 6.45) is 0.0769. The number of amides is 2. The quantitative estimate of drug-likeness (QED) is 0.714. The number of hydrogen-bond donors (Lipinski definition) is 1. The molecule has 6 nitrogen and oxygen atoms in total. The number of hydrogen-bond acceptors (Lipinski definition) is 4. The Morgan fingerprint density at radius 1 is 1.18 bits per heavy atom. The van der Waals surface area contributed by atoms with Crippen LogP contribution in [0.4, 0.5) is 11.4 Å². The molecule has 0 aliphatic carbocycles. The summed E-state index contributed by atoms with van der Waals surface area (Å²) in [7, 11) is 0. The number of carbonyl (C=O) groups excluding carboxylic acids is 3. The third-order valence-corrected chi connectivity index (χ3v) is 5.14. The smallest absolute Gasteiger partial charge is 0.311 e. The monoisotopic (exact) mass is 444 g/mol. The van der Waals surface area contributed by atoms with Gasteiger partial charge in [-0.3, -0.25) is 14.4 Å². The minimum absolute atomic E-state index is 0.0769. The van der Waals surface area contributed by atoms with E-state index in [9.17, 15) is 14.4 Å². The first kappa shape index (κ1) is 20.1. The first-order chi connectivity index (χ1) is 13.3. The second kappa shape index (κ2) is 8.56. The lowest BCUT2D eigenvalue weighted by Crippen LogP contribution is -2.28. The Morgan fingerprint density at radius 3 is 2.61 bits per heavy atom. The molecule has 0 bridgehead atoms. The highest BCUT2D eigenvalue weighted by atomic mass is 79.9. The first-order valence-corrected chi connectivity index (χ1v) is 9.72. The van der Waals surface area contributed by atoms with E-state index in [-0.39, 0.29) is 25.5 Å². The number of aryl methyl sites for hydroxylation is 2. The van der Waals surface area contributed by atoms with Gasteiger partial charge < -0.3 is 15.0 Å². The molecule has 1 N–H and O–H groups in total. The molecule has 7 heteroatoms. The zero-order valence-corrected chi connectivity index (χ0v) is 17.3. The van der Waals surface area contributed by atoms with Crippen LogP contribution in [0.2, 0.25) is 0 Å². The van der Waals surface area contributed by atoms with E-state index in [0.29, 0.717) is 5.69 Å². The van der Waals surface area contributed by atoms with Gasteiger partial charge in [-0.15, -0.1) is 0 Å². The van der Waals surface area contributed by atoms with Gasteiger partial charge in [0.25, 0.3) is 5.91 Å². The molecule has 0 radical (unpaired) electrons. The molecule has 1 atom stereocenters. The van der Waals surface area contributed by atoms with E-state index in [4.69, 9.17) is 4.74 Å². The van der Waals surface area contributed by atoms with Gasteiger partial charge in [0.2, 0.25) is 5.91 Å². The van der Waals surface area contributed by atoms with Crippen LogP contribution in [0.5, 0.6) is 0 Å². The fourth-order valence-electron chi connectivity index (χ4n) is 3.05. The maximum Gasteiger partial charge on any atom is 0.311 e. The number of anilines is 2. The van der Waals surface area contributed by atoms with Gasteiger partial charge in [-0.25, -0.2) is 0 Å². The number of rotatable bonds is 5. The van der Waals surface area contributed by atoms with Crippen LogP contribution in [-0.2, 0) is 19.1 Å². The van der Waals surface area contributed by atoms with Crippen LogP contribution in [0.3, 0.4) is 0 Å². The highest BCUT2D eigenvalue weighted by Crippen LogP contribution is 2.27. The second-order valence-electron chi connectivity index (χ2n) is 6.86. The Balaban J connectivity index is 1.53. The molecule has 2 aromatic rings. The van der Waals surface area contributed by atoms with Crippen molar-refractivity contribution >= 4 is 45.1 Å². The van der Waals surface area contributed by atoms with Crippen LogP contribution < -0.4 is 10.2 Å². The molecule has 146 valence electrons. The maximum absolute atomic E-state index is 12.3. The van der Waals surface area contributed by atoms with Crippen LogP contribution in [-0.4, -0.2) is 30.9 Å². The number of carbonyl (C=O) groups is 3. The van der Waals surface area contributed by atoms with Gasteiger partial charge >= 0.3 is 5.97 Å². The van der Waals surface area contributed by atoms with Gasteiger partial charge in [-0.1, -0.05) is 28.1 Å². The molecular formula is C21H21BrN2O4. The minimum Gasteiger partial charge on any atom is -0.455 e. The van der Waals surface area contributed by atoms with E-state index in [1.54, 1.807) is 4.90 Å². The Hall–Kier alpha value is -2.67. The van der Waals surface area contributed by atoms with Crippen LogP contribution in [0.1, 0.15) is 17.5 Å².